The highest BCUT2D eigenvalue weighted by Gasteiger charge is 2.29. The molecule has 0 unspecified atom stereocenters. The van der Waals surface area contributed by atoms with Crippen molar-refractivity contribution in [3.05, 3.63) is 69.2 Å². The van der Waals surface area contributed by atoms with Crippen molar-refractivity contribution in [1.29, 1.82) is 0 Å². The summed E-state index contributed by atoms with van der Waals surface area (Å²) < 4.78 is 5.42. The molecule has 2 N–H and O–H groups in total. The molecule has 1 aliphatic rings. The van der Waals surface area contributed by atoms with E-state index in [1.54, 1.807) is 12.2 Å². The van der Waals surface area contributed by atoms with Gasteiger partial charge in [0.2, 0.25) is 0 Å². The molecule has 1 amide bonds. The SMILES string of the molecule is C=Cc1ccc(COC(=O)N2CCc3c(Cl)c(O)c(O)c(Cl)c3C2)cc1C=C. The van der Waals surface area contributed by atoms with Crippen LogP contribution in [0.15, 0.2) is 31.4 Å². The van der Waals surface area contributed by atoms with Crippen molar-refractivity contribution in [3.63, 3.8) is 0 Å². The smallest absolute Gasteiger partial charge is 0.410 e. The fourth-order valence-corrected chi connectivity index (χ4v) is 3.73. The molecule has 2 aromatic carbocycles. The lowest BCUT2D eigenvalue weighted by Gasteiger charge is -2.30. The number of halogens is 2. The molecule has 1 heterocycles. The van der Waals surface area contributed by atoms with Crippen molar-refractivity contribution < 1.29 is 19.7 Å². The molecule has 146 valence electrons. The zero-order chi connectivity index (χ0) is 20.4. The zero-order valence-corrected chi connectivity index (χ0v) is 16.6. The van der Waals surface area contributed by atoms with E-state index in [4.69, 9.17) is 27.9 Å². The monoisotopic (exact) mass is 419 g/mol. The average Bonchev–Trinajstić information content (AvgIpc) is 2.73. The van der Waals surface area contributed by atoms with Crippen LogP contribution in [0.1, 0.15) is 27.8 Å². The summed E-state index contributed by atoms with van der Waals surface area (Å²) in [5.74, 6) is -0.928. The van der Waals surface area contributed by atoms with Crippen LogP contribution in [0.2, 0.25) is 10.0 Å². The number of hydrogen-bond acceptors (Lipinski definition) is 4. The Balaban J connectivity index is 1.72. The van der Waals surface area contributed by atoms with Gasteiger partial charge in [0.1, 0.15) is 6.61 Å². The Hall–Kier alpha value is -2.63. The van der Waals surface area contributed by atoms with E-state index < -0.39 is 17.6 Å². The van der Waals surface area contributed by atoms with Crippen LogP contribution >= 0.6 is 23.2 Å². The standard InChI is InChI=1S/C21H19Cl2NO4/c1-3-13-6-5-12(9-14(13)4-2)11-28-21(27)24-8-7-15-16(10-24)18(23)20(26)19(25)17(15)22/h3-6,9,25-26H,1-2,7-8,10-11H2. The topological polar surface area (TPSA) is 70.0 Å². The van der Waals surface area contributed by atoms with E-state index in [2.05, 4.69) is 13.2 Å². The number of phenolic OH excluding ortho intramolecular Hbond substituents is 2. The summed E-state index contributed by atoms with van der Waals surface area (Å²) in [4.78, 5) is 14.0. The van der Waals surface area contributed by atoms with Gasteiger partial charge in [0.05, 0.1) is 16.6 Å². The Bertz CT molecular complexity index is 972. The summed E-state index contributed by atoms with van der Waals surface area (Å²) in [5, 5.41) is 19.8. The van der Waals surface area contributed by atoms with Gasteiger partial charge in [-0.2, -0.15) is 0 Å². The molecule has 3 rings (SSSR count). The number of ether oxygens (including phenoxy) is 1. The summed E-state index contributed by atoms with van der Waals surface area (Å²) >= 11 is 12.2. The average molecular weight is 420 g/mol. The van der Waals surface area contributed by atoms with Crippen LogP contribution in [0, 0.1) is 0 Å². The maximum Gasteiger partial charge on any atom is 0.410 e. The van der Waals surface area contributed by atoms with Crippen LogP contribution in [0.4, 0.5) is 4.79 Å². The van der Waals surface area contributed by atoms with Gasteiger partial charge >= 0.3 is 6.09 Å². The number of carbonyl (C=O) groups is 1. The lowest BCUT2D eigenvalue weighted by atomic mass is 9.98. The van der Waals surface area contributed by atoms with Crippen LogP contribution < -0.4 is 0 Å². The van der Waals surface area contributed by atoms with E-state index >= 15 is 0 Å². The lowest BCUT2D eigenvalue weighted by Crippen LogP contribution is -2.36. The second-order valence-corrected chi connectivity index (χ2v) is 7.14. The summed E-state index contributed by atoms with van der Waals surface area (Å²) in [7, 11) is 0. The summed E-state index contributed by atoms with van der Waals surface area (Å²) in [6, 6.07) is 5.64. The summed E-state index contributed by atoms with van der Waals surface area (Å²) in [6.07, 6.45) is 3.35. The molecule has 0 saturated heterocycles. The predicted octanol–water partition coefficient (Wildman–Crippen LogP) is 5.39. The van der Waals surface area contributed by atoms with Crippen LogP contribution in [0.25, 0.3) is 12.2 Å². The number of amides is 1. The third kappa shape index (κ3) is 3.68. The van der Waals surface area contributed by atoms with Crippen molar-refractivity contribution in [2.45, 2.75) is 19.6 Å². The number of hydrogen-bond donors (Lipinski definition) is 2. The molecule has 1 aliphatic heterocycles. The number of benzene rings is 2. The van der Waals surface area contributed by atoms with E-state index in [-0.39, 0.29) is 23.2 Å². The summed E-state index contributed by atoms with van der Waals surface area (Å²) in [6.45, 7) is 8.13. The molecular formula is C21H19Cl2NO4. The first-order valence-electron chi connectivity index (χ1n) is 8.57. The van der Waals surface area contributed by atoms with E-state index in [0.717, 1.165) is 16.7 Å². The quantitative estimate of drug-likeness (QED) is 0.652. The fraction of sp³-hybridized carbons (Fsp3) is 0.190. The molecule has 2 aromatic rings. The maximum atomic E-state index is 12.5. The Morgan fingerprint density at radius 2 is 1.75 bits per heavy atom. The van der Waals surface area contributed by atoms with E-state index in [9.17, 15) is 15.0 Å². The van der Waals surface area contributed by atoms with E-state index in [0.29, 0.717) is 24.1 Å². The number of phenols is 2. The number of nitrogens with zero attached hydrogens (tertiary/aromatic N) is 1. The van der Waals surface area contributed by atoms with Gasteiger partial charge in [-0.3, -0.25) is 0 Å². The highest BCUT2D eigenvalue weighted by molar-refractivity contribution is 6.36. The molecule has 5 nitrogen and oxygen atoms in total. The highest BCUT2D eigenvalue weighted by Crippen LogP contribution is 2.46. The lowest BCUT2D eigenvalue weighted by molar-refractivity contribution is 0.0918. The molecule has 0 aromatic heterocycles. The van der Waals surface area contributed by atoms with Crippen LogP contribution in [-0.2, 0) is 24.3 Å². The molecule has 0 aliphatic carbocycles. The number of aromatic hydroxyl groups is 2. The molecule has 0 fully saturated rings. The van der Waals surface area contributed by atoms with Crippen molar-refractivity contribution in [2.24, 2.45) is 0 Å². The predicted molar refractivity (Wildman–Crippen MR) is 111 cm³/mol. The van der Waals surface area contributed by atoms with Gasteiger partial charge in [0, 0.05) is 6.54 Å². The Kier molecular flexibility index (Phi) is 5.87. The minimum atomic E-state index is -0.502. The van der Waals surface area contributed by atoms with Crippen LogP contribution in [-0.4, -0.2) is 27.8 Å². The minimum absolute atomic E-state index is 0.00922. The van der Waals surface area contributed by atoms with E-state index in [1.165, 1.54) is 4.90 Å². The van der Waals surface area contributed by atoms with E-state index in [1.807, 2.05) is 18.2 Å². The Morgan fingerprint density at radius 1 is 1.11 bits per heavy atom. The number of rotatable bonds is 4. The van der Waals surface area contributed by atoms with Gasteiger partial charge in [-0.25, -0.2) is 4.79 Å². The van der Waals surface area contributed by atoms with Gasteiger partial charge in [-0.1, -0.05) is 60.6 Å². The second kappa shape index (κ2) is 8.17. The van der Waals surface area contributed by atoms with Crippen molar-refractivity contribution in [2.75, 3.05) is 6.54 Å². The molecule has 7 heteroatoms. The first-order valence-corrected chi connectivity index (χ1v) is 9.33. The largest absolute Gasteiger partial charge is 0.503 e. The molecule has 28 heavy (non-hydrogen) atoms. The molecular weight excluding hydrogens is 401 g/mol. The fourth-order valence-electron chi connectivity index (χ4n) is 3.17. The molecule has 0 atom stereocenters. The third-order valence-corrected chi connectivity index (χ3v) is 5.54. The zero-order valence-electron chi connectivity index (χ0n) is 15.0. The maximum absolute atomic E-state index is 12.5. The van der Waals surface area contributed by atoms with Crippen LogP contribution in [0.5, 0.6) is 11.5 Å². The third-order valence-electron chi connectivity index (χ3n) is 4.73. The normalized spacial score (nSPS) is 13.0. The first kappa shape index (κ1) is 20.1. The van der Waals surface area contributed by atoms with Gasteiger partial charge < -0.3 is 19.8 Å². The Labute approximate surface area is 173 Å². The first-order chi connectivity index (χ1) is 13.4. The van der Waals surface area contributed by atoms with Gasteiger partial charge in [-0.05, 0) is 40.3 Å². The second-order valence-electron chi connectivity index (χ2n) is 6.38. The molecule has 0 spiro atoms. The number of fused-ring (bicyclic) bond motifs is 1. The highest BCUT2D eigenvalue weighted by atomic mass is 35.5. The molecule has 0 saturated carbocycles. The Morgan fingerprint density at radius 3 is 2.39 bits per heavy atom. The van der Waals surface area contributed by atoms with Crippen LogP contribution in [0.3, 0.4) is 0 Å². The van der Waals surface area contributed by atoms with Gasteiger partial charge in [0.15, 0.2) is 11.5 Å². The molecule has 0 radical (unpaired) electrons. The summed E-state index contributed by atoms with van der Waals surface area (Å²) in [5.41, 5.74) is 3.82. The number of carbonyl (C=O) groups excluding carboxylic acids is 1. The van der Waals surface area contributed by atoms with Crippen molar-refractivity contribution >= 4 is 41.4 Å². The minimum Gasteiger partial charge on any atom is -0.503 e. The van der Waals surface area contributed by atoms with Gasteiger partial charge in [0.25, 0.3) is 0 Å². The van der Waals surface area contributed by atoms with Crippen molar-refractivity contribution in [1.82, 2.24) is 4.90 Å². The van der Waals surface area contributed by atoms with Gasteiger partial charge in [-0.15, -0.1) is 0 Å². The van der Waals surface area contributed by atoms with Crippen molar-refractivity contribution in [3.8, 4) is 11.5 Å². The molecule has 0 bridgehead atoms.